The highest BCUT2D eigenvalue weighted by Gasteiger charge is 2.74. The zero-order chi connectivity index (χ0) is 9.34. The maximum absolute atomic E-state index is 12.0. The SMILES string of the molecule is O=C1c2ccccc2C23SC=CC2C13. The molecule has 1 heterocycles. The van der Waals surface area contributed by atoms with Gasteiger partial charge in [-0.1, -0.05) is 30.3 Å². The Morgan fingerprint density at radius 2 is 2.14 bits per heavy atom. The van der Waals surface area contributed by atoms with E-state index in [0.29, 0.717) is 11.7 Å². The number of allylic oxidation sites excluding steroid dienone is 1. The summed E-state index contributed by atoms with van der Waals surface area (Å²) in [4.78, 5) is 12.0. The lowest BCUT2D eigenvalue weighted by atomic mass is 10.0. The van der Waals surface area contributed by atoms with Crippen LogP contribution in [-0.4, -0.2) is 5.78 Å². The molecular formula is C12H8OS. The zero-order valence-electron chi connectivity index (χ0n) is 7.44. The lowest BCUT2D eigenvalue weighted by Gasteiger charge is -2.09. The molecule has 0 saturated heterocycles. The fourth-order valence-corrected chi connectivity index (χ4v) is 4.49. The molecule has 1 nitrogen and oxygen atoms in total. The third kappa shape index (κ3) is 0.541. The lowest BCUT2D eigenvalue weighted by Crippen LogP contribution is -2.02. The summed E-state index contributed by atoms with van der Waals surface area (Å²) < 4.78 is 0.133. The predicted molar refractivity (Wildman–Crippen MR) is 56.2 cm³/mol. The topological polar surface area (TPSA) is 17.1 Å². The van der Waals surface area contributed by atoms with Crippen LogP contribution in [-0.2, 0) is 4.75 Å². The van der Waals surface area contributed by atoms with Gasteiger partial charge in [0.15, 0.2) is 5.78 Å². The Morgan fingerprint density at radius 3 is 3.07 bits per heavy atom. The summed E-state index contributed by atoms with van der Waals surface area (Å²) in [6.45, 7) is 0. The molecule has 3 aliphatic rings. The number of hydrogen-bond acceptors (Lipinski definition) is 2. The summed E-state index contributed by atoms with van der Waals surface area (Å²) in [5.74, 6) is 1.12. The Morgan fingerprint density at radius 1 is 1.29 bits per heavy atom. The normalized spacial score (nSPS) is 40.7. The number of benzene rings is 1. The molecule has 4 rings (SSSR count). The average molecular weight is 200 g/mol. The molecule has 1 aliphatic heterocycles. The largest absolute Gasteiger partial charge is 0.294 e. The quantitative estimate of drug-likeness (QED) is 0.640. The number of carbonyl (C=O) groups excluding carboxylic acids is 1. The monoisotopic (exact) mass is 200 g/mol. The number of rotatable bonds is 0. The van der Waals surface area contributed by atoms with E-state index < -0.39 is 0 Å². The summed E-state index contributed by atoms with van der Waals surface area (Å²) in [6.07, 6.45) is 2.20. The van der Waals surface area contributed by atoms with E-state index in [0.717, 1.165) is 5.56 Å². The third-order valence-electron chi connectivity index (χ3n) is 3.65. The van der Waals surface area contributed by atoms with Crippen LogP contribution >= 0.6 is 11.8 Å². The molecule has 0 aromatic heterocycles. The van der Waals surface area contributed by atoms with Gasteiger partial charge in [-0.3, -0.25) is 4.79 Å². The van der Waals surface area contributed by atoms with Gasteiger partial charge < -0.3 is 0 Å². The fourth-order valence-electron chi connectivity index (χ4n) is 3.01. The molecule has 1 aromatic carbocycles. The van der Waals surface area contributed by atoms with Crippen molar-refractivity contribution < 1.29 is 4.79 Å². The molecular weight excluding hydrogens is 192 g/mol. The first-order valence-electron chi connectivity index (χ1n) is 4.84. The summed E-state index contributed by atoms with van der Waals surface area (Å²) >= 11 is 1.83. The van der Waals surface area contributed by atoms with Crippen LogP contribution in [0.3, 0.4) is 0 Å². The van der Waals surface area contributed by atoms with Crippen molar-refractivity contribution in [1.29, 1.82) is 0 Å². The van der Waals surface area contributed by atoms with Crippen molar-refractivity contribution in [2.45, 2.75) is 4.75 Å². The van der Waals surface area contributed by atoms with Crippen LogP contribution in [0, 0.1) is 11.8 Å². The Kier molecular flexibility index (Phi) is 1.03. The van der Waals surface area contributed by atoms with Gasteiger partial charge in [0, 0.05) is 11.5 Å². The summed E-state index contributed by atoms with van der Waals surface area (Å²) in [7, 11) is 0. The molecule has 2 heteroatoms. The van der Waals surface area contributed by atoms with Crippen LogP contribution in [0.25, 0.3) is 0 Å². The number of ketones is 1. The first-order chi connectivity index (χ1) is 6.86. The Labute approximate surface area is 86.2 Å². The molecule has 0 amide bonds. The third-order valence-corrected chi connectivity index (χ3v) is 5.08. The number of Topliss-reactive ketones (excluding diaryl/α,β-unsaturated/α-hetero) is 1. The van der Waals surface area contributed by atoms with Crippen LogP contribution in [0.2, 0.25) is 0 Å². The molecule has 3 unspecified atom stereocenters. The molecule has 0 radical (unpaired) electrons. The van der Waals surface area contributed by atoms with Gasteiger partial charge in [-0.2, -0.15) is 0 Å². The standard InChI is InChI=1S/C12H8OS/c13-11-7-3-1-2-4-8(7)12-9(10(11)12)5-6-14-12/h1-6,9-10H. The number of carbonyl (C=O) groups is 1. The number of fused-ring (bicyclic) bond motifs is 2. The summed E-state index contributed by atoms with van der Waals surface area (Å²) in [5.41, 5.74) is 2.24. The van der Waals surface area contributed by atoms with E-state index in [2.05, 4.69) is 17.6 Å². The maximum Gasteiger partial charge on any atom is 0.168 e. The van der Waals surface area contributed by atoms with Crippen molar-refractivity contribution >= 4 is 17.5 Å². The second-order valence-electron chi connectivity index (χ2n) is 4.15. The van der Waals surface area contributed by atoms with Gasteiger partial charge in [-0.25, -0.2) is 0 Å². The second-order valence-corrected chi connectivity index (χ2v) is 5.34. The van der Waals surface area contributed by atoms with Gasteiger partial charge in [0.25, 0.3) is 0 Å². The van der Waals surface area contributed by atoms with E-state index in [9.17, 15) is 4.79 Å². The summed E-state index contributed by atoms with van der Waals surface area (Å²) in [6, 6.07) is 8.08. The van der Waals surface area contributed by atoms with Gasteiger partial charge in [0.2, 0.25) is 0 Å². The van der Waals surface area contributed by atoms with Crippen LogP contribution < -0.4 is 0 Å². The molecule has 3 atom stereocenters. The van der Waals surface area contributed by atoms with Crippen molar-refractivity contribution in [3.8, 4) is 0 Å². The zero-order valence-corrected chi connectivity index (χ0v) is 8.25. The maximum atomic E-state index is 12.0. The van der Waals surface area contributed by atoms with E-state index in [1.165, 1.54) is 5.56 Å². The minimum absolute atomic E-state index is 0.133. The van der Waals surface area contributed by atoms with E-state index in [1.54, 1.807) is 0 Å². The first-order valence-corrected chi connectivity index (χ1v) is 5.72. The van der Waals surface area contributed by atoms with Crippen molar-refractivity contribution in [2.24, 2.45) is 11.8 Å². The van der Waals surface area contributed by atoms with E-state index in [4.69, 9.17) is 0 Å². The smallest absolute Gasteiger partial charge is 0.168 e. The van der Waals surface area contributed by atoms with E-state index >= 15 is 0 Å². The van der Waals surface area contributed by atoms with Gasteiger partial charge >= 0.3 is 0 Å². The fraction of sp³-hybridized carbons (Fsp3) is 0.250. The number of thioether (sulfide) groups is 1. The Bertz CT molecular complexity index is 491. The number of hydrogen-bond donors (Lipinski definition) is 0. The highest BCUT2D eigenvalue weighted by atomic mass is 32.2. The minimum atomic E-state index is 0.133. The molecule has 1 fully saturated rings. The molecule has 14 heavy (non-hydrogen) atoms. The highest BCUT2D eigenvalue weighted by molar-refractivity contribution is 8.03. The highest BCUT2D eigenvalue weighted by Crippen LogP contribution is 2.75. The molecule has 1 aromatic rings. The van der Waals surface area contributed by atoms with Crippen LogP contribution in [0.4, 0.5) is 0 Å². The van der Waals surface area contributed by atoms with Crippen molar-refractivity contribution in [1.82, 2.24) is 0 Å². The second kappa shape index (κ2) is 1.98. The Hall–Kier alpha value is -1.02. The van der Waals surface area contributed by atoms with Gasteiger partial charge in [0.1, 0.15) is 0 Å². The van der Waals surface area contributed by atoms with Crippen LogP contribution in [0.5, 0.6) is 0 Å². The first kappa shape index (κ1) is 7.30. The Balaban J connectivity index is 2.03. The molecule has 2 aliphatic carbocycles. The molecule has 0 bridgehead atoms. The summed E-state index contributed by atoms with van der Waals surface area (Å²) in [5, 5.41) is 2.15. The van der Waals surface area contributed by atoms with Gasteiger partial charge in [-0.15, -0.1) is 11.8 Å². The minimum Gasteiger partial charge on any atom is -0.294 e. The van der Waals surface area contributed by atoms with Crippen molar-refractivity contribution in [3.63, 3.8) is 0 Å². The molecule has 0 N–H and O–H groups in total. The van der Waals surface area contributed by atoms with Gasteiger partial charge in [-0.05, 0) is 11.0 Å². The van der Waals surface area contributed by atoms with Crippen molar-refractivity contribution in [2.75, 3.05) is 0 Å². The average Bonchev–Trinajstić information content (AvgIpc) is 2.56. The lowest BCUT2D eigenvalue weighted by molar-refractivity contribution is 0.0969. The predicted octanol–water partition coefficient (Wildman–Crippen LogP) is 2.58. The van der Waals surface area contributed by atoms with Crippen LogP contribution in [0.15, 0.2) is 35.7 Å². The van der Waals surface area contributed by atoms with E-state index in [1.807, 2.05) is 30.0 Å². The van der Waals surface area contributed by atoms with Gasteiger partial charge in [0.05, 0.1) is 10.7 Å². The molecule has 1 spiro atoms. The van der Waals surface area contributed by atoms with E-state index in [-0.39, 0.29) is 10.7 Å². The molecule has 1 saturated carbocycles. The van der Waals surface area contributed by atoms with Crippen LogP contribution in [0.1, 0.15) is 15.9 Å². The van der Waals surface area contributed by atoms with Crippen molar-refractivity contribution in [3.05, 3.63) is 46.9 Å². The molecule has 68 valence electrons.